The molecular formula is C15H23N3O2. The van der Waals surface area contributed by atoms with Crippen LogP contribution in [0.5, 0.6) is 0 Å². The van der Waals surface area contributed by atoms with E-state index in [9.17, 15) is 9.90 Å². The predicted molar refractivity (Wildman–Crippen MR) is 79.4 cm³/mol. The Morgan fingerprint density at radius 1 is 1.50 bits per heavy atom. The lowest BCUT2D eigenvalue weighted by Crippen LogP contribution is -2.43. The summed E-state index contributed by atoms with van der Waals surface area (Å²) in [5.74, 6) is -0.428. The number of piperidine rings is 1. The van der Waals surface area contributed by atoms with Gasteiger partial charge in [-0.15, -0.1) is 0 Å². The molecule has 0 amide bonds. The van der Waals surface area contributed by atoms with Crippen molar-refractivity contribution in [1.29, 1.82) is 0 Å². The fourth-order valence-corrected chi connectivity index (χ4v) is 2.98. The number of carbonyl (C=O) groups is 1. The van der Waals surface area contributed by atoms with Gasteiger partial charge in [-0.3, -0.25) is 4.98 Å². The van der Waals surface area contributed by atoms with E-state index in [1.165, 1.54) is 0 Å². The highest BCUT2D eigenvalue weighted by Crippen LogP contribution is 2.25. The number of likely N-dealkylation sites (tertiary alicyclic amines) is 1. The molecule has 1 saturated heterocycles. The maximum Gasteiger partial charge on any atom is 0.339 e. The van der Waals surface area contributed by atoms with Crippen LogP contribution >= 0.6 is 0 Å². The molecular weight excluding hydrogens is 254 g/mol. The van der Waals surface area contributed by atoms with Crippen molar-refractivity contribution in [3.05, 3.63) is 23.0 Å². The fourth-order valence-electron chi connectivity index (χ4n) is 2.98. The molecule has 1 aliphatic heterocycles. The summed E-state index contributed by atoms with van der Waals surface area (Å²) in [6.07, 6.45) is 1.02. The molecule has 2 unspecified atom stereocenters. The lowest BCUT2D eigenvalue weighted by atomic mass is 9.93. The second-order valence-electron chi connectivity index (χ2n) is 5.86. The number of nitrogens with one attached hydrogen (secondary N) is 1. The molecule has 1 aromatic rings. The SMILES string of the molecule is Cc1cc(NC2CCN(C)CC2C)c(C(=O)O)c(C)n1. The highest BCUT2D eigenvalue weighted by atomic mass is 16.4. The van der Waals surface area contributed by atoms with Gasteiger partial charge in [-0.05, 0) is 45.8 Å². The molecule has 20 heavy (non-hydrogen) atoms. The van der Waals surface area contributed by atoms with Crippen LogP contribution in [0.4, 0.5) is 5.69 Å². The molecule has 5 heteroatoms. The quantitative estimate of drug-likeness (QED) is 0.886. The summed E-state index contributed by atoms with van der Waals surface area (Å²) in [7, 11) is 2.12. The van der Waals surface area contributed by atoms with Crippen molar-refractivity contribution in [3.63, 3.8) is 0 Å². The number of aromatic carboxylic acids is 1. The number of hydrogen-bond donors (Lipinski definition) is 2. The van der Waals surface area contributed by atoms with Crippen molar-refractivity contribution >= 4 is 11.7 Å². The Morgan fingerprint density at radius 3 is 2.80 bits per heavy atom. The van der Waals surface area contributed by atoms with Gasteiger partial charge in [-0.2, -0.15) is 0 Å². The molecule has 2 N–H and O–H groups in total. The standard InChI is InChI=1S/C15H23N3O2/c1-9-8-18(4)6-5-12(9)17-13-7-10(2)16-11(3)14(13)15(19)20/h7,9,12H,5-6,8H2,1-4H3,(H,16,17)(H,19,20). The number of carboxylic acids is 1. The first-order valence-electron chi connectivity index (χ1n) is 7.05. The normalized spacial score (nSPS) is 23.6. The van der Waals surface area contributed by atoms with Crippen molar-refractivity contribution in [2.75, 3.05) is 25.5 Å². The molecule has 2 atom stereocenters. The second kappa shape index (κ2) is 5.79. The first-order valence-corrected chi connectivity index (χ1v) is 7.05. The third kappa shape index (κ3) is 3.10. The van der Waals surface area contributed by atoms with E-state index in [0.717, 1.165) is 25.2 Å². The van der Waals surface area contributed by atoms with Gasteiger partial charge in [-0.25, -0.2) is 4.79 Å². The molecule has 0 spiro atoms. The molecule has 1 aromatic heterocycles. The summed E-state index contributed by atoms with van der Waals surface area (Å²) in [5.41, 5.74) is 2.40. The van der Waals surface area contributed by atoms with Crippen molar-refractivity contribution in [2.24, 2.45) is 5.92 Å². The van der Waals surface area contributed by atoms with E-state index in [1.807, 2.05) is 13.0 Å². The molecule has 110 valence electrons. The smallest absolute Gasteiger partial charge is 0.339 e. The molecule has 5 nitrogen and oxygen atoms in total. The zero-order valence-electron chi connectivity index (χ0n) is 12.6. The number of anilines is 1. The highest BCUT2D eigenvalue weighted by Gasteiger charge is 2.26. The first kappa shape index (κ1) is 14.8. The van der Waals surface area contributed by atoms with Crippen LogP contribution in [0.1, 0.15) is 35.1 Å². The molecule has 1 aliphatic rings. The maximum atomic E-state index is 11.4. The highest BCUT2D eigenvalue weighted by molar-refractivity contribution is 5.95. The topological polar surface area (TPSA) is 65.5 Å². The molecule has 0 aromatic carbocycles. The van der Waals surface area contributed by atoms with Crippen LogP contribution in [0.3, 0.4) is 0 Å². The zero-order chi connectivity index (χ0) is 14.9. The van der Waals surface area contributed by atoms with Gasteiger partial charge >= 0.3 is 5.97 Å². The van der Waals surface area contributed by atoms with Crippen LogP contribution in [-0.4, -0.2) is 47.1 Å². The van der Waals surface area contributed by atoms with E-state index in [-0.39, 0.29) is 0 Å². The van der Waals surface area contributed by atoms with Gasteiger partial charge in [0.15, 0.2) is 0 Å². The Labute approximate surface area is 120 Å². The van der Waals surface area contributed by atoms with Crippen LogP contribution < -0.4 is 5.32 Å². The largest absolute Gasteiger partial charge is 0.478 e. The molecule has 1 fully saturated rings. The number of aromatic nitrogens is 1. The number of carboxylic acid groups (broad SMARTS) is 1. The van der Waals surface area contributed by atoms with Gasteiger partial charge in [-0.1, -0.05) is 6.92 Å². The Kier molecular flexibility index (Phi) is 4.28. The van der Waals surface area contributed by atoms with Gasteiger partial charge in [0.2, 0.25) is 0 Å². The third-order valence-corrected chi connectivity index (χ3v) is 3.99. The Morgan fingerprint density at radius 2 is 2.20 bits per heavy atom. The number of aryl methyl sites for hydroxylation is 2. The summed E-state index contributed by atoms with van der Waals surface area (Å²) >= 11 is 0. The first-order chi connectivity index (χ1) is 9.38. The summed E-state index contributed by atoms with van der Waals surface area (Å²) in [6.45, 7) is 7.91. The van der Waals surface area contributed by atoms with Crippen LogP contribution in [0.2, 0.25) is 0 Å². The minimum atomic E-state index is -0.918. The van der Waals surface area contributed by atoms with Crippen molar-refractivity contribution in [2.45, 2.75) is 33.2 Å². The Bertz CT molecular complexity index is 516. The maximum absolute atomic E-state index is 11.4. The van der Waals surface area contributed by atoms with Crippen LogP contribution in [0.15, 0.2) is 6.07 Å². The Hall–Kier alpha value is -1.62. The van der Waals surface area contributed by atoms with E-state index >= 15 is 0 Å². The van der Waals surface area contributed by atoms with Crippen molar-refractivity contribution in [1.82, 2.24) is 9.88 Å². The lowest BCUT2D eigenvalue weighted by molar-refractivity contribution is 0.0696. The molecule has 0 bridgehead atoms. The number of pyridine rings is 1. The summed E-state index contributed by atoms with van der Waals surface area (Å²) < 4.78 is 0. The van der Waals surface area contributed by atoms with E-state index in [2.05, 4.69) is 29.2 Å². The lowest BCUT2D eigenvalue weighted by Gasteiger charge is -2.36. The van der Waals surface area contributed by atoms with Crippen molar-refractivity contribution in [3.8, 4) is 0 Å². The van der Waals surface area contributed by atoms with Gasteiger partial charge in [0.05, 0.1) is 11.4 Å². The van der Waals surface area contributed by atoms with Gasteiger partial charge < -0.3 is 15.3 Å². The average Bonchev–Trinajstić information content (AvgIpc) is 2.31. The Balaban J connectivity index is 2.26. The number of nitrogens with zero attached hydrogens (tertiary/aromatic N) is 2. The van der Waals surface area contributed by atoms with Gasteiger partial charge in [0.25, 0.3) is 0 Å². The number of hydrogen-bond acceptors (Lipinski definition) is 4. The van der Waals surface area contributed by atoms with Crippen LogP contribution in [0.25, 0.3) is 0 Å². The third-order valence-electron chi connectivity index (χ3n) is 3.99. The number of rotatable bonds is 3. The van der Waals surface area contributed by atoms with E-state index in [4.69, 9.17) is 0 Å². The minimum absolute atomic E-state index is 0.293. The van der Waals surface area contributed by atoms with Crippen LogP contribution in [-0.2, 0) is 0 Å². The monoisotopic (exact) mass is 277 g/mol. The predicted octanol–water partition coefficient (Wildman–Crippen LogP) is 2.15. The zero-order valence-corrected chi connectivity index (χ0v) is 12.6. The summed E-state index contributed by atoms with van der Waals surface area (Å²) in [5, 5.41) is 12.8. The molecule has 0 radical (unpaired) electrons. The van der Waals surface area contributed by atoms with E-state index in [1.54, 1.807) is 6.92 Å². The molecule has 0 saturated carbocycles. The van der Waals surface area contributed by atoms with E-state index in [0.29, 0.717) is 28.9 Å². The molecule has 2 heterocycles. The molecule has 2 rings (SSSR count). The fraction of sp³-hybridized carbons (Fsp3) is 0.600. The van der Waals surface area contributed by atoms with Crippen LogP contribution in [0, 0.1) is 19.8 Å². The van der Waals surface area contributed by atoms with Gasteiger partial charge in [0.1, 0.15) is 5.56 Å². The second-order valence-corrected chi connectivity index (χ2v) is 5.86. The van der Waals surface area contributed by atoms with Gasteiger partial charge in [0, 0.05) is 18.3 Å². The molecule has 0 aliphatic carbocycles. The summed E-state index contributed by atoms with van der Waals surface area (Å²) in [6, 6.07) is 2.15. The van der Waals surface area contributed by atoms with E-state index < -0.39 is 5.97 Å². The summed E-state index contributed by atoms with van der Waals surface area (Å²) in [4.78, 5) is 18.0. The van der Waals surface area contributed by atoms with Crippen molar-refractivity contribution < 1.29 is 9.90 Å². The average molecular weight is 277 g/mol. The minimum Gasteiger partial charge on any atom is -0.478 e.